The van der Waals surface area contributed by atoms with Gasteiger partial charge in [0.1, 0.15) is 5.58 Å². The first-order valence-electron chi connectivity index (χ1n) is 17.7. The Balaban J connectivity index is 1.13. The Morgan fingerprint density at radius 1 is 0.412 bits per heavy atom. The first-order chi connectivity index (χ1) is 25.0. The lowest BCUT2D eigenvalue weighted by Crippen LogP contribution is -2.16. The number of fused-ring (bicyclic) bond motifs is 8. The fourth-order valence-corrected chi connectivity index (χ4v) is 8.23. The highest BCUT2D eigenvalue weighted by atomic mass is 16.3. The van der Waals surface area contributed by atoms with Crippen LogP contribution in [0.15, 0.2) is 180 Å². The van der Waals surface area contributed by atoms with Crippen molar-refractivity contribution in [1.29, 1.82) is 0 Å². The lowest BCUT2D eigenvalue weighted by Gasteiger charge is -2.28. The molecule has 51 heavy (non-hydrogen) atoms. The smallest absolute Gasteiger partial charge is 0.159 e. The molecule has 0 amide bonds. The van der Waals surface area contributed by atoms with E-state index in [0.29, 0.717) is 0 Å². The van der Waals surface area contributed by atoms with Crippen LogP contribution in [0.2, 0.25) is 0 Å². The standard InChI is InChI=1S/C49H35NO/c1-49(2)44-17-9-8-15-40(44)41-30-28-38(31-45(41)49)50(37-26-23-35(24-27-37)34-21-19-33(20-22-34)32-11-4-3-5-12-32)46-18-10-16-42-43-29-25-36-13-6-7-14-39(36)47(43)51-48(42)46/h3-31H,1-2H3. The second kappa shape index (κ2) is 11.3. The van der Waals surface area contributed by atoms with Crippen LogP contribution in [0.4, 0.5) is 17.1 Å². The van der Waals surface area contributed by atoms with Crippen molar-refractivity contribution in [1.82, 2.24) is 0 Å². The Kier molecular flexibility index (Phi) is 6.56. The quantitative estimate of drug-likeness (QED) is 0.184. The van der Waals surface area contributed by atoms with E-state index in [0.717, 1.165) is 44.4 Å². The highest BCUT2D eigenvalue weighted by Crippen LogP contribution is 2.51. The van der Waals surface area contributed by atoms with E-state index < -0.39 is 0 Å². The molecule has 0 saturated heterocycles. The van der Waals surface area contributed by atoms with Crippen molar-refractivity contribution < 1.29 is 4.42 Å². The Morgan fingerprint density at radius 3 is 1.78 bits per heavy atom. The number of furan rings is 1. The highest BCUT2D eigenvalue weighted by Gasteiger charge is 2.36. The number of nitrogens with zero attached hydrogens (tertiary/aromatic N) is 1. The molecule has 242 valence electrons. The van der Waals surface area contributed by atoms with Crippen molar-refractivity contribution in [3.05, 3.63) is 187 Å². The highest BCUT2D eigenvalue weighted by molar-refractivity contribution is 6.17. The Labute approximate surface area is 297 Å². The topological polar surface area (TPSA) is 16.4 Å². The van der Waals surface area contributed by atoms with Crippen LogP contribution in [0, 0.1) is 0 Å². The minimum absolute atomic E-state index is 0.117. The zero-order valence-corrected chi connectivity index (χ0v) is 28.6. The lowest BCUT2D eigenvalue weighted by atomic mass is 9.82. The monoisotopic (exact) mass is 653 g/mol. The van der Waals surface area contributed by atoms with Crippen molar-refractivity contribution in [2.24, 2.45) is 0 Å². The van der Waals surface area contributed by atoms with Gasteiger partial charge in [0.25, 0.3) is 0 Å². The lowest BCUT2D eigenvalue weighted by molar-refractivity contribution is 0.660. The average Bonchev–Trinajstić information content (AvgIpc) is 3.69. The molecule has 10 rings (SSSR count). The molecule has 2 heteroatoms. The number of anilines is 3. The second-order valence-electron chi connectivity index (χ2n) is 14.1. The van der Waals surface area contributed by atoms with E-state index in [9.17, 15) is 0 Å². The number of hydrogen-bond donors (Lipinski definition) is 0. The molecule has 9 aromatic rings. The van der Waals surface area contributed by atoms with Crippen LogP contribution in [0.3, 0.4) is 0 Å². The van der Waals surface area contributed by atoms with Gasteiger partial charge in [0, 0.05) is 32.9 Å². The number of benzene rings is 8. The zero-order valence-electron chi connectivity index (χ0n) is 28.6. The van der Waals surface area contributed by atoms with Crippen LogP contribution in [0.5, 0.6) is 0 Å². The minimum Gasteiger partial charge on any atom is -0.453 e. The molecule has 0 radical (unpaired) electrons. The summed E-state index contributed by atoms with van der Waals surface area (Å²) >= 11 is 0. The molecule has 0 saturated carbocycles. The van der Waals surface area contributed by atoms with E-state index in [4.69, 9.17) is 4.42 Å². The molecule has 0 N–H and O–H groups in total. The first-order valence-corrected chi connectivity index (χ1v) is 17.7. The molecule has 0 aliphatic heterocycles. The van der Waals surface area contributed by atoms with Crippen molar-refractivity contribution in [3.8, 4) is 33.4 Å². The normalized spacial score (nSPS) is 13.1. The summed E-state index contributed by atoms with van der Waals surface area (Å²) in [5.74, 6) is 0. The van der Waals surface area contributed by atoms with Gasteiger partial charge in [-0.15, -0.1) is 0 Å². The van der Waals surface area contributed by atoms with Gasteiger partial charge in [-0.2, -0.15) is 0 Å². The van der Waals surface area contributed by atoms with E-state index in [2.05, 4.69) is 195 Å². The summed E-state index contributed by atoms with van der Waals surface area (Å²) in [5.41, 5.74) is 15.0. The van der Waals surface area contributed by atoms with Crippen LogP contribution in [-0.4, -0.2) is 0 Å². The molecule has 1 heterocycles. The average molecular weight is 654 g/mol. The van der Waals surface area contributed by atoms with Gasteiger partial charge in [0.05, 0.1) is 5.69 Å². The maximum absolute atomic E-state index is 6.90. The summed E-state index contributed by atoms with van der Waals surface area (Å²) in [6, 6.07) is 63.5. The molecule has 0 fully saturated rings. The summed E-state index contributed by atoms with van der Waals surface area (Å²) in [6.45, 7) is 4.68. The fraction of sp³-hybridized carbons (Fsp3) is 0.0612. The third kappa shape index (κ3) is 4.64. The van der Waals surface area contributed by atoms with Crippen LogP contribution >= 0.6 is 0 Å². The van der Waals surface area contributed by atoms with Crippen LogP contribution in [0.25, 0.3) is 66.1 Å². The molecule has 1 aliphatic rings. The molecule has 0 spiro atoms. The van der Waals surface area contributed by atoms with E-state index in [-0.39, 0.29) is 5.41 Å². The molecule has 0 unspecified atom stereocenters. The van der Waals surface area contributed by atoms with Gasteiger partial charge < -0.3 is 9.32 Å². The summed E-state index contributed by atoms with van der Waals surface area (Å²) < 4.78 is 6.90. The maximum Gasteiger partial charge on any atom is 0.159 e. The number of rotatable bonds is 5. The van der Waals surface area contributed by atoms with Crippen LogP contribution < -0.4 is 4.90 Å². The molecular weight excluding hydrogens is 619 g/mol. The Bertz CT molecular complexity index is 2750. The van der Waals surface area contributed by atoms with E-state index in [1.54, 1.807) is 0 Å². The van der Waals surface area contributed by atoms with Crippen molar-refractivity contribution in [2.75, 3.05) is 4.90 Å². The summed E-state index contributed by atoms with van der Waals surface area (Å²) in [6.07, 6.45) is 0. The number of hydrogen-bond acceptors (Lipinski definition) is 2. The molecule has 0 bridgehead atoms. The second-order valence-corrected chi connectivity index (χ2v) is 14.1. The van der Waals surface area contributed by atoms with E-state index in [1.165, 1.54) is 49.9 Å². The molecule has 1 aliphatic carbocycles. The third-order valence-electron chi connectivity index (χ3n) is 10.9. The summed E-state index contributed by atoms with van der Waals surface area (Å²) in [4.78, 5) is 2.37. The molecule has 1 aromatic heterocycles. The molecule has 0 atom stereocenters. The zero-order chi connectivity index (χ0) is 34.1. The van der Waals surface area contributed by atoms with Crippen molar-refractivity contribution >= 4 is 49.8 Å². The van der Waals surface area contributed by atoms with Gasteiger partial charge in [-0.1, -0.05) is 153 Å². The van der Waals surface area contributed by atoms with Crippen LogP contribution in [-0.2, 0) is 5.41 Å². The van der Waals surface area contributed by atoms with Gasteiger partial charge in [0.2, 0.25) is 0 Å². The van der Waals surface area contributed by atoms with E-state index in [1.807, 2.05) is 0 Å². The number of para-hydroxylation sites is 1. The minimum atomic E-state index is -0.117. The summed E-state index contributed by atoms with van der Waals surface area (Å²) in [5, 5.41) is 4.55. The first kappa shape index (κ1) is 29.5. The predicted octanol–water partition coefficient (Wildman–Crippen LogP) is 13.8. The van der Waals surface area contributed by atoms with E-state index >= 15 is 0 Å². The van der Waals surface area contributed by atoms with Gasteiger partial charge in [-0.05, 0) is 86.3 Å². The van der Waals surface area contributed by atoms with Gasteiger partial charge in [-0.3, -0.25) is 0 Å². The predicted molar refractivity (Wildman–Crippen MR) is 214 cm³/mol. The molecule has 8 aromatic carbocycles. The van der Waals surface area contributed by atoms with Crippen LogP contribution in [0.1, 0.15) is 25.0 Å². The Hall–Kier alpha value is -6.38. The third-order valence-corrected chi connectivity index (χ3v) is 10.9. The molecule has 2 nitrogen and oxygen atoms in total. The molecular formula is C49H35NO. The van der Waals surface area contributed by atoms with Crippen molar-refractivity contribution in [2.45, 2.75) is 19.3 Å². The SMILES string of the molecule is CC1(C)c2ccccc2-c2ccc(N(c3ccc(-c4ccc(-c5ccccc5)cc4)cc3)c3cccc4c3oc3c5ccccc5ccc43)cc21. The van der Waals surface area contributed by atoms with Crippen molar-refractivity contribution in [3.63, 3.8) is 0 Å². The van der Waals surface area contributed by atoms with Gasteiger partial charge in [0.15, 0.2) is 5.58 Å². The fourth-order valence-electron chi connectivity index (χ4n) is 8.23. The van der Waals surface area contributed by atoms with Gasteiger partial charge >= 0.3 is 0 Å². The summed E-state index contributed by atoms with van der Waals surface area (Å²) in [7, 11) is 0. The maximum atomic E-state index is 6.90. The largest absolute Gasteiger partial charge is 0.453 e. The Morgan fingerprint density at radius 2 is 1.00 bits per heavy atom. The van der Waals surface area contributed by atoms with Gasteiger partial charge in [-0.25, -0.2) is 0 Å².